The fraction of sp³-hybridized carbons (Fsp3) is 0.267. The smallest absolute Gasteiger partial charge is 0.313 e. The topological polar surface area (TPSA) is 59.7 Å². The van der Waals surface area contributed by atoms with Crippen LogP contribution in [0.1, 0.15) is 22.7 Å². The number of aliphatic hydroxyl groups is 1. The van der Waals surface area contributed by atoms with Gasteiger partial charge in [-0.05, 0) is 23.8 Å². The number of methoxy groups -OCH3 is 1. The van der Waals surface area contributed by atoms with Gasteiger partial charge in [0.15, 0.2) is 0 Å². The molecule has 0 unspecified atom stereocenters. The van der Waals surface area contributed by atoms with E-state index >= 15 is 0 Å². The second-order valence-electron chi connectivity index (χ2n) is 4.59. The number of esters is 1. The summed E-state index contributed by atoms with van der Waals surface area (Å²) in [5.74, 6) is -0.439. The van der Waals surface area contributed by atoms with Gasteiger partial charge in [-0.15, -0.1) is 11.8 Å². The van der Waals surface area contributed by atoms with Gasteiger partial charge >= 0.3 is 5.97 Å². The summed E-state index contributed by atoms with van der Waals surface area (Å²) in [7, 11) is 1.33. The highest BCUT2D eigenvalue weighted by Crippen LogP contribution is 2.52. The molecule has 4 nitrogen and oxygen atoms in total. The largest absolute Gasteiger partial charge is 0.469 e. The molecule has 0 spiro atoms. The van der Waals surface area contributed by atoms with Gasteiger partial charge in [-0.3, -0.25) is 4.79 Å². The molecule has 0 saturated carbocycles. The molecule has 3 rings (SSSR count). The van der Waals surface area contributed by atoms with Crippen molar-refractivity contribution in [1.29, 1.82) is 0 Å². The van der Waals surface area contributed by atoms with Gasteiger partial charge in [-0.2, -0.15) is 0 Å². The predicted molar refractivity (Wildman–Crippen MR) is 74.2 cm³/mol. The average Bonchev–Trinajstić information content (AvgIpc) is 3.00. The van der Waals surface area contributed by atoms with E-state index in [4.69, 9.17) is 9.15 Å². The van der Waals surface area contributed by atoms with E-state index in [0.717, 1.165) is 10.5 Å². The molecule has 1 aromatic carbocycles. The fourth-order valence-electron chi connectivity index (χ4n) is 2.48. The highest BCUT2D eigenvalue weighted by Gasteiger charge is 2.43. The number of hydrogen-bond acceptors (Lipinski definition) is 5. The number of carbonyl (C=O) groups excluding carboxylic acids is 1. The standard InChI is InChI=1S/C15H14O4S/c1-18-15(17)12-13(16)9-5-2-3-7-11(9)20-14(12)10-6-4-8-19-10/h2-8,12-14,16H,1H3/t12-,13+,14-/m0/s1. The van der Waals surface area contributed by atoms with Gasteiger partial charge in [0.05, 0.1) is 24.7 Å². The lowest BCUT2D eigenvalue weighted by Gasteiger charge is -2.33. The lowest BCUT2D eigenvalue weighted by atomic mass is 9.90. The van der Waals surface area contributed by atoms with Crippen molar-refractivity contribution < 1.29 is 19.1 Å². The van der Waals surface area contributed by atoms with Crippen molar-refractivity contribution in [2.75, 3.05) is 7.11 Å². The Balaban J connectivity index is 2.06. The number of benzene rings is 1. The molecule has 3 atom stereocenters. The maximum atomic E-state index is 12.1. The summed E-state index contributed by atoms with van der Waals surface area (Å²) in [6, 6.07) is 11.1. The second kappa shape index (κ2) is 5.34. The van der Waals surface area contributed by atoms with E-state index in [9.17, 15) is 9.90 Å². The molecular formula is C15H14O4S. The predicted octanol–water partition coefficient (Wildman–Crippen LogP) is 2.95. The van der Waals surface area contributed by atoms with E-state index in [1.165, 1.54) is 18.9 Å². The van der Waals surface area contributed by atoms with Crippen LogP contribution in [0.3, 0.4) is 0 Å². The molecule has 20 heavy (non-hydrogen) atoms. The van der Waals surface area contributed by atoms with E-state index in [0.29, 0.717) is 5.76 Å². The molecule has 1 N–H and O–H groups in total. The minimum atomic E-state index is -0.894. The third kappa shape index (κ3) is 2.13. The quantitative estimate of drug-likeness (QED) is 0.862. The first-order valence-corrected chi connectivity index (χ1v) is 7.15. The molecule has 1 aliphatic heterocycles. The number of fused-ring (bicyclic) bond motifs is 1. The van der Waals surface area contributed by atoms with Gasteiger partial charge in [0.2, 0.25) is 0 Å². The third-order valence-corrected chi connectivity index (χ3v) is 4.86. The summed E-state index contributed by atoms with van der Waals surface area (Å²) in [6.07, 6.45) is 0.673. The van der Waals surface area contributed by atoms with Gasteiger partial charge in [-0.1, -0.05) is 18.2 Å². The van der Waals surface area contributed by atoms with Crippen molar-refractivity contribution in [3.8, 4) is 0 Å². The Labute approximate surface area is 120 Å². The number of aliphatic hydroxyl groups excluding tert-OH is 1. The van der Waals surface area contributed by atoms with Crippen molar-refractivity contribution in [3.05, 3.63) is 54.0 Å². The lowest BCUT2D eigenvalue weighted by molar-refractivity contribution is -0.150. The van der Waals surface area contributed by atoms with E-state index in [-0.39, 0.29) is 5.25 Å². The minimum absolute atomic E-state index is 0.289. The van der Waals surface area contributed by atoms with Gasteiger partial charge in [0.25, 0.3) is 0 Å². The minimum Gasteiger partial charge on any atom is -0.469 e. The maximum Gasteiger partial charge on any atom is 0.313 e. The summed E-state index contributed by atoms with van der Waals surface area (Å²) in [5.41, 5.74) is 0.760. The Morgan fingerprint density at radius 1 is 1.30 bits per heavy atom. The van der Waals surface area contributed by atoms with Crippen molar-refractivity contribution in [2.45, 2.75) is 16.2 Å². The third-order valence-electron chi connectivity index (χ3n) is 3.45. The van der Waals surface area contributed by atoms with Gasteiger partial charge in [0.1, 0.15) is 11.7 Å². The Bertz CT molecular complexity index is 608. The van der Waals surface area contributed by atoms with Crippen LogP contribution in [0.5, 0.6) is 0 Å². The molecule has 0 aliphatic carbocycles. The number of hydrogen-bond donors (Lipinski definition) is 1. The van der Waals surface area contributed by atoms with Crippen LogP contribution in [0.2, 0.25) is 0 Å². The first kappa shape index (κ1) is 13.3. The fourth-order valence-corrected chi connectivity index (χ4v) is 3.89. The normalized spacial score (nSPS) is 25.0. The average molecular weight is 290 g/mol. The highest BCUT2D eigenvalue weighted by molar-refractivity contribution is 7.99. The monoisotopic (exact) mass is 290 g/mol. The summed E-state index contributed by atoms with van der Waals surface area (Å²) < 4.78 is 10.3. The highest BCUT2D eigenvalue weighted by atomic mass is 32.2. The van der Waals surface area contributed by atoms with Crippen LogP contribution in [0, 0.1) is 5.92 Å². The summed E-state index contributed by atoms with van der Waals surface area (Å²) >= 11 is 1.52. The van der Waals surface area contributed by atoms with Crippen LogP contribution in [0.15, 0.2) is 52.0 Å². The van der Waals surface area contributed by atoms with Crippen molar-refractivity contribution in [3.63, 3.8) is 0 Å². The van der Waals surface area contributed by atoms with E-state index in [1.54, 1.807) is 12.3 Å². The molecule has 2 aromatic rings. The number of rotatable bonds is 2. The van der Waals surface area contributed by atoms with Crippen molar-refractivity contribution in [2.24, 2.45) is 5.92 Å². The molecule has 0 bridgehead atoms. The van der Waals surface area contributed by atoms with Crippen LogP contribution < -0.4 is 0 Å². The van der Waals surface area contributed by atoms with Crippen LogP contribution in [0.25, 0.3) is 0 Å². The maximum absolute atomic E-state index is 12.1. The number of ether oxygens (including phenoxy) is 1. The Morgan fingerprint density at radius 3 is 2.80 bits per heavy atom. The Morgan fingerprint density at radius 2 is 2.10 bits per heavy atom. The Kier molecular flexibility index (Phi) is 3.54. The summed E-state index contributed by atoms with van der Waals surface area (Å²) in [5, 5.41) is 10.2. The first-order chi connectivity index (χ1) is 9.72. The van der Waals surface area contributed by atoms with E-state index < -0.39 is 18.0 Å². The van der Waals surface area contributed by atoms with Crippen molar-refractivity contribution >= 4 is 17.7 Å². The molecule has 0 amide bonds. The summed E-state index contributed by atoms with van der Waals surface area (Å²) in [6.45, 7) is 0. The van der Waals surface area contributed by atoms with Crippen LogP contribution in [-0.4, -0.2) is 18.2 Å². The zero-order valence-electron chi connectivity index (χ0n) is 10.9. The van der Waals surface area contributed by atoms with Gasteiger partial charge in [0, 0.05) is 4.90 Å². The van der Waals surface area contributed by atoms with E-state index in [1.807, 2.05) is 30.3 Å². The molecule has 1 aliphatic rings. The number of thioether (sulfide) groups is 1. The molecule has 5 heteroatoms. The molecule has 0 saturated heterocycles. The van der Waals surface area contributed by atoms with E-state index in [2.05, 4.69) is 0 Å². The molecule has 0 fully saturated rings. The molecule has 0 radical (unpaired) electrons. The van der Waals surface area contributed by atoms with Gasteiger partial charge < -0.3 is 14.3 Å². The SMILES string of the molecule is COC(=O)[C@H]1[C@H](O)c2ccccc2S[C@H]1c1ccco1. The number of furan rings is 1. The molecule has 2 heterocycles. The first-order valence-electron chi connectivity index (χ1n) is 6.27. The molecule has 104 valence electrons. The lowest BCUT2D eigenvalue weighted by Crippen LogP contribution is -2.31. The van der Waals surface area contributed by atoms with Crippen LogP contribution in [0.4, 0.5) is 0 Å². The van der Waals surface area contributed by atoms with Crippen LogP contribution in [-0.2, 0) is 9.53 Å². The van der Waals surface area contributed by atoms with Crippen LogP contribution >= 0.6 is 11.8 Å². The summed E-state index contributed by atoms with van der Waals surface area (Å²) in [4.78, 5) is 13.0. The van der Waals surface area contributed by atoms with Gasteiger partial charge in [-0.25, -0.2) is 0 Å². The molecule has 1 aromatic heterocycles. The molecular weight excluding hydrogens is 276 g/mol. The zero-order valence-corrected chi connectivity index (χ0v) is 11.7. The number of carbonyl (C=O) groups is 1. The second-order valence-corrected chi connectivity index (χ2v) is 5.77. The Hall–Kier alpha value is -1.72. The van der Waals surface area contributed by atoms with Crippen molar-refractivity contribution in [1.82, 2.24) is 0 Å². The zero-order chi connectivity index (χ0) is 14.1.